The lowest BCUT2D eigenvalue weighted by Gasteiger charge is -2.72. The van der Waals surface area contributed by atoms with E-state index in [4.69, 9.17) is 9.47 Å². The molecule has 3 fully saturated rings. The Kier molecular flexibility index (Phi) is 4.00. The van der Waals surface area contributed by atoms with Crippen LogP contribution in [0.15, 0.2) is 24.3 Å². The molecule has 2 saturated carbocycles. The molecule has 0 aromatic heterocycles. The van der Waals surface area contributed by atoms with E-state index in [1.54, 1.807) is 7.11 Å². The lowest BCUT2D eigenvalue weighted by molar-refractivity contribution is -0.249. The van der Waals surface area contributed by atoms with E-state index >= 15 is 0 Å². The van der Waals surface area contributed by atoms with Gasteiger partial charge in [0.05, 0.1) is 11.0 Å². The molecular weight excluding hydrogens is 414 g/mol. The quantitative estimate of drug-likeness (QED) is 0.642. The molecule has 5 aliphatic carbocycles. The van der Waals surface area contributed by atoms with Gasteiger partial charge in [0.25, 0.3) is 0 Å². The maximum atomic E-state index is 11.8. The molecule has 5 nitrogen and oxygen atoms in total. The Labute approximate surface area is 196 Å². The van der Waals surface area contributed by atoms with Crippen LogP contribution in [0.1, 0.15) is 63.5 Å². The van der Waals surface area contributed by atoms with Crippen molar-refractivity contribution in [3.8, 4) is 11.5 Å². The minimum absolute atomic E-state index is 0.0561. The Morgan fingerprint density at radius 1 is 1.27 bits per heavy atom. The first kappa shape index (κ1) is 20.8. The smallest absolute Gasteiger partial charge is 0.165 e. The zero-order valence-electron chi connectivity index (χ0n) is 20.1. The lowest BCUT2D eigenvalue weighted by Crippen LogP contribution is -2.80. The van der Waals surface area contributed by atoms with Crippen molar-refractivity contribution in [1.82, 2.24) is 4.90 Å². The van der Waals surface area contributed by atoms with Gasteiger partial charge in [0.1, 0.15) is 11.7 Å². The minimum Gasteiger partial charge on any atom is -0.504 e. The number of phenolic OH excluding ortho intramolecular Hbond substituents is 1. The Morgan fingerprint density at radius 2 is 2.09 bits per heavy atom. The number of hydrogen-bond acceptors (Lipinski definition) is 5. The molecule has 7 aliphatic rings. The van der Waals surface area contributed by atoms with E-state index < -0.39 is 11.2 Å². The van der Waals surface area contributed by atoms with Crippen LogP contribution in [-0.2, 0) is 16.6 Å². The summed E-state index contributed by atoms with van der Waals surface area (Å²) in [6.45, 7) is 6.41. The molecule has 7 atom stereocenters. The molecule has 8 rings (SSSR count). The second kappa shape index (κ2) is 6.35. The minimum atomic E-state index is -0.847. The van der Waals surface area contributed by atoms with Gasteiger partial charge in [-0.3, -0.25) is 4.90 Å². The number of aliphatic hydroxyl groups is 1. The molecule has 2 spiro atoms. The van der Waals surface area contributed by atoms with Crippen LogP contribution in [0.4, 0.5) is 0 Å². The maximum absolute atomic E-state index is 11.8. The van der Waals surface area contributed by atoms with Crippen molar-refractivity contribution in [3.05, 3.63) is 35.4 Å². The van der Waals surface area contributed by atoms with Gasteiger partial charge < -0.3 is 19.7 Å². The SMILES string of the molecule is CCC[C@@](C)(O)C1C[C@@]23C=C[C@]1(OC)[C@@H]1Oc4c(O)ccc5c4[C@@]12CCN(CC1CC1)[C@@H]3C5. The largest absolute Gasteiger partial charge is 0.504 e. The van der Waals surface area contributed by atoms with Gasteiger partial charge in [0.2, 0.25) is 0 Å². The number of aromatic hydroxyl groups is 1. The molecule has 1 aromatic carbocycles. The number of nitrogens with zero attached hydrogens (tertiary/aromatic N) is 1. The van der Waals surface area contributed by atoms with Gasteiger partial charge in [0.15, 0.2) is 11.5 Å². The molecule has 1 saturated heterocycles. The molecule has 33 heavy (non-hydrogen) atoms. The third-order valence-corrected chi connectivity index (χ3v) is 10.6. The first-order valence-electron chi connectivity index (χ1n) is 13.1. The summed E-state index contributed by atoms with van der Waals surface area (Å²) < 4.78 is 13.2. The monoisotopic (exact) mass is 451 g/mol. The number of phenols is 1. The van der Waals surface area contributed by atoms with E-state index in [1.165, 1.54) is 30.5 Å². The summed E-state index contributed by atoms with van der Waals surface area (Å²) in [5.41, 5.74) is 0.714. The van der Waals surface area contributed by atoms with Crippen molar-refractivity contribution in [3.63, 3.8) is 0 Å². The highest BCUT2D eigenvalue weighted by Crippen LogP contribution is 2.75. The van der Waals surface area contributed by atoms with Crippen molar-refractivity contribution >= 4 is 0 Å². The third-order valence-electron chi connectivity index (χ3n) is 10.6. The Balaban J connectivity index is 1.48. The fourth-order valence-corrected chi connectivity index (χ4v) is 9.16. The van der Waals surface area contributed by atoms with Crippen LogP contribution in [0.5, 0.6) is 11.5 Å². The molecule has 2 aliphatic heterocycles. The molecule has 2 N–H and O–H groups in total. The van der Waals surface area contributed by atoms with E-state index in [2.05, 4.69) is 30.0 Å². The molecule has 0 amide bonds. The number of fused-ring (bicyclic) bond motifs is 1. The molecule has 1 aromatic rings. The Hall–Kier alpha value is -1.56. The predicted molar refractivity (Wildman–Crippen MR) is 126 cm³/mol. The Morgan fingerprint density at radius 3 is 2.82 bits per heavy atom. The summed E-state index contributed by atoms with van der Waals surface area (Å²) in [4.78, 5) is 2.77. The normalized spacial score (nSPS) is 43.8. The standard InChI is InChI=1S/C28H37NO4/c1-4-9-25(2,31)20-15-26-10-11-28(20,32-3)24-27(26)12-13-29(16-17-5-6-17)21(26)14-18-7-8-19(30)23(33-24)22(18)27/h7-8,10-11,17,20-21,24,30-31H,4-6,9,12-16H2,1-3H3/t20?,21-,24-,25-,26-,27+,28-/m1/s1. The van der Waals surface area contributed by atoms with E-state index in [-0.39, 0.29) is 28.6 Å². The zero-order chi connectivity index (χ0) is 22.8. The number of methoxy groups -OCH3 is 1. The van der Waals surface area contributed by atoms with Gasteiger partial charge in [-0.05, 0) is 69.5 Å². The van der Waals surface area contributed by atoms with Crippen molar-refractivity contribution < 1.29 is 19.7 Å². The predicted octanol–water partition coefficient (Wildman–Crippen LogP) is 3.94. The van der Waals surface area contributed by atoms with Gasteiger partial charge in [-0.1, -0.05) is 31.6 Å². The fourth-order valence-electron chi connectivity index (χ4n) is 9.16. The fraction of sp³-hybridized carbons (Fsp3) is 0.714. The summed E-state index contributed by atoms with van der Waals surface area (Å²) in [5, 5.41) is 22.7. The van der Waals surface area contributed by atoms with E-state index in [0.717, 1.165) is 44.6 Å². The highest BCUT2D eigenvalue weighted by atomic mass is 16.6. The molecule has 4 bridgehead atoms. The van der Waals surface area contributed by atoms with Crippen LogP contribution in [0.25, 0.3) is 0 Å². The van der Waals surface area contributed by atoms with Crippen molar-refractivity contribution in [2.75, 3.05) is 20.2 Å². The average molecular weight is 452 g/mol. The second-order valence-corrected chi connectivity index (χ2v) is 12.1. The van der Waals surface area contributed by atoms with E-state index in [9.17, 15) is 10.2 Å². The summed E-state index contributed by atoms with van der Waals surface area (Å²) >= 11 is 0. The number of ether oxygens (including phenoxy) is 2. The van der Waals surface area contributed by atoms with Crippen LogP contribution < -0.4 is 4.74 Å². The summed E-state index contributed by atoms with van der Waals surface area (Å²) in [6.07, 6.45) is 11.8. The topological polar surface area (TPSA) is 62.2 Å². The summed E-state index contributed by atoms with van der Waals surface area (Å²) in [6, 6.07) is 4.35. The first-order valence-corrected chi connectivity index (χ1v) is 13.1. The molecule has 1 unspecified atom stereocenters. The van der Waals surface area contributed by atoms with Crippen LogP contribution in [-0.4, -0.2) is 58.7 Å². The van der Waals surface area contributed by atoms with Crippen LogP contribution >= 0.6 is 0 Å². The van der Waals surface area contributed by atoms with Crippen molar-refractivity contribution in [2.45, 2.75) is 87.6 Å². The van der Waals surface area contributed by atoms with E-state index in [0.29, 0.717) is 11.8 Å². The van der Waals surface area contributed by atoms with Gasteiger partial charge >= 0.3 is 0 Å². The van der Waals surface area contributed by atoms with Gasteiger partial charge in [-0.2, -0.15) is 0 Å². The number of piperidine rings is 1. The number of hydrogen-bond donors (Lipinski definition) is 2. The highest BCUT2D eigenvalue weighted by Gasteiger charge is 2.80. The van der Waals surface area contributed by atoms with Crippen molar-refractivity contribution in [2.24, 2.45) is 17.3 Å². The zero-order valence-corrected chi connectivity index (χ0v) is 20.1. The summed E-state index contributed by atoms with van der Waals surface area (Å²) in [5.74, 6) is 1.71. The Bertz CT molecular complexity index is 1050. The third kappa shape index (κ3) is 2.26. The van der Waals surface area contributed by atoms with E-state index in [1.807, 2.05) is 13.0 Å². The number of benzene rings is 1. The highest BCUT2D eigenvalue weighted by molar-refractivity contribution is 5.65. The van der Waals surface area contributed by atoms with Gasteiger partial charge in [-0.25, -0.2) is 0 Å². The lowest BCUT2D eigenvalue weighted by atomic mass is 9.36. The molecule has 2 heterocycles. The van der Waals surface area contributed by atoms with Crippen molar-refractivity contribution in [1.29, 1.82) is 0 Å². The summed E-state index contributed by atoms with van der Waals surface area (Å²) in [7, 11) is 1.78. The average Bonchev–Trinajstić information content (AvgIpc) is 3.54. The van der Waals surface area contributed by atoms with Crippen LogP contribution in [0, 0.1) is 17.3 Å². The number of likely N-dealkylation sites (tertiary alicyclic amines) is 1. The molecule has 178 valence electrons. The first-order chi connectivity index (χ1) is 15.8. The van der Waals surface area contributed by atoms with Crippen LogP contribution in [0.2, 0.25) is 0 Å². The van der Waals surface area contributed by atoms with Crippen LogP contribution in [0.3, 0.4) is 0 Å². The van der Waals surface area contributed by atoms with Gasteiger partial charge in [0, 0.05) is 36.6 Å². The second-order valence-electron chi connectivity index (χ2n) is 12.1. The molecular formula is C28H37NO4. The number of rotatable bonds is 6. The molecule has 0 radical (unpaired) electrons. The molecule has 5 heteroatoms. The van der Waals surface area contributed by atoms with Gasteiger partial charge in [-0.15, -0.1) is 0 Å². The maximum Gasteiger partial charge on any atom is 0.165 e.